The molecule has 0 radical (unpaired) electrons. The molecule has 0 spiro atoms. The van der Waals surface area contributed by atoms with Crippen molar-refractivity contribution in [3.05, 3.63) is 58.6 Å². The van der Waals surface area contributed by atoms with Crippen molar-refractivity contribution in [2.24, 2.45) is 10.2 Å². The van der Waals surface area contributed by atoms with E-state index in [0.717, 1.165) is 4.47 Å². The van der Waals surface area contributed by atoms with Gasteiger partial charge >= 0.3 is 0 Å². The molecular formula is C20H15BrN4O3. The molecule has 3 aromatic rings. The molecule has 0 aliphatic heterocycles. The number of terminal acetylenes is 1. The van der Waals surface area contributed by atoms with Crippen LogP contribution in [-0.4, -0.2) is 28.0 Å². The van der Waals surface area contributed by atoms with Crippen molar-refractivity contribution < 1.29 is 14.7 Å². The molecular weight excluding hydrogens is 424 g/mol. The fourth-order valence-corrected chi connectivity index (χ4v) is 3.05. The van der Waals surface area contributed by atoms with E-state index in [4.69, 9.17) is 6.42 Å². The molecule has 28 heavy (non-hydrogen) atoms. The summed E-state index contributed by atoms with van der Waals surface area (Å²) >= 11 is 3.28. The van der Waals surface area contributed by atoms with E-state index >= 15 is 0 Å². The monoisotopic (exact) mass is 438 g/mol. The summed E-state index contributed by atoms with van der Waals surface area (Å²) in [6.45, 7) is -0.170. The van der Waals surface area contributed by atoms with Crippen LogP contribution in [0.15, 0.2) is 63.2 Å². The molecule has 8 heteroatoms. The lowest BCUT2D eigenvalue weighted by Gasteiger charge is -2.02. The predicted octanol–water partition coefficient (Wildman–Crippen LogP) is 3.78. The zero-order valence-electron chi connectivity index (χ0n) is 14.6. The van der Waals surface area contributed by atoms with Crippen LogP contribution in [0.4, 0.5) is 5.69 Å². The van der Waals surface area contributed by atoms with Crippen LogP contribution in [0.5, 0.6) is 5.88 Å². The van der Waals surface area contributed by atoms with Crippen LogP contribution in [0.2, 0.25) is 0 Å². The second-order valence-corrected chi connectivity index (χ2v) is 6.68. The number of hydrogen-bond donors (Lipinski definition) is 2. The number of carbonyl (C=O) groups excluding carboxylic acids is 2. The third kappa shape index (κ3) is 4.10. The number of para-hydroxylation sites is 1. The van der Waals surface area contributed by atoms with Crippen molar-refractivity contribution in [1.82, 2.24) is 9.88 Å². The first kappa shape index (κ1) is 19.3. The van der Waals surface area contributed by atoms with Gasteiger partial charge in [-0.25, -0.2) is 0 Å². The first-order valence-corrected chi connectivity index (χ1v) is 9.02. The smallest absolute Gasteiger partial charge is 0.283 e. The first-order valence-electron chi connectivity index (χ1n) is 8.23. The van der Waals surface area contributed by atoms with E-state index < -0.39 is 11.8 Å². The second-order valence-electron chi connectivity index (χ2n) is 5.77. The maximum absolute atomic E-state index is 12.1. The summed E-state index contributed by atoms with van der Waals surface area (Å²) < 4.78 is 2.26. The zero-order chi connectivity index (χ0) is 20.1. The molecule has 1 aromatic heterocycles. The van der Waals surface area contributed by atoms with Crippen LogP contribution in [0.1, 0.15) is 10.4 Å². The van der Waals surface area contributed by atoms with Gasteiger partial charge in [-0.3, -0.25) is 14.2 Å². The molecule has 3 rings (SSSR count). The Morgan fingerprint density at radius 3 is 2.75 bits per heavy atom. The molecule has 0 aliphatic rings. The van der Waals surface area contributed by atoms with Gasteiger partial charge in [-0.05, 0) is 24.3 Å². The quantitative estimate of drug-likeness (QED) is 0.468. The van der Waals surface area contributed by atoms with E-state index in [0.29, 0.717) is 16.5 Å². The van der Waals surface area contributed by atoms with Gasteiger partial charge in [0.05, 0.1) is 12.1 Å². The Labute approximate surface area is 169 Å². The Morgan fingerprint density at radius 1 is 1.21 bits per heavy atom. The summed E-state index contributed by atoms with van der Waals surface area (Å²) in [5.41, 5.74) is 1.24. The van der Waals surface area contributed by atoms with Crippen molar-refractivity contribution in [2.75, 3.05) is 6.54 Å². The predicted molar refractivity (Wildman–Crippen MR) is 108 cm³/mol. The van der Waals surface area contributed by atoms with E-state index in [1.807, 2.05) is 0 Å². The van der Waals surface area contributed by atoms with E-state index in [1.165, 1.54) is 4.57 Å². The number of halogens is 1. The van der Waals surface area contributed by atoms with E-state index in [2.05, 4.69) is 37.4 Å². The van der Waals surface area contributed by atoms with Crippen molar-refractivity contribution in [3.63, 3.8) is 0 Å². The summed E-state index contributed by atoms with van der Waals surface area (Å²) in [5, 5.41) is 21.0. The number of nitrogens with one attached hydrogen (secondary N) is 1. The minimum atomic E-state index is -0.656. The number of amides is 2. The Hall–Kier alpha value is -3.44. The number of fused-ring (bicyclic) bond motifs is 1. The van der Waals surface area contributed by atoms with Gasteiger partial charge in [0, 0.05) is 15.4 Å². The molecule has 140 valence electrons. The van der Waals surface area contributed by atoms with E-state index in [1.54, 1.807) is 48.5 Å². The Kier molecular flexibility index (Phi) is 5.87. The van der Waals surface area contributed by atoms with Gasteiger partial charge in [0.15, 0.2) is 5.69 Å². The van der Waals surface area contributed by atoms with Gasteiger partial charge < -0.3 is 10.4 Å². The second kappa shape index (κ2) is 8.50. The number of azo groups is 1. The average Bonchev–Trinajstić information content (AvgIpc) is 2.96. The zero-order valence-corrected chi connectivity index (χ0v) is 16.2. The van der Waals surface area contributed by atoms with Crippen LogP contribution in [-0.2, 0) is 11.3 Å². The Morgan fingerprint density at radius 2 is 2.00 bits per heavy atom. The van der Waals surface area contributed by atoms with Crippen LogP contribution >= 0.6 is 15.9 Å². The molecule has 2 amide bonds. The van der Waals surface area contributed by atoms with Crippen LogP contribution in [0, 0.1) is 12.3 Å². The highest BCUT2D eigenvalue weighted by molar-refractivity contribution is 9.10. The molecule has 0 bridgehead atoms. The van der Waals surface area contributed by atoms with Crippen LogP contribution in [0.25, 0.3) is 10.9 Å². The van der Waals surface area contributed by atoms with E-state index in [9.17, 15) is 14.7 Å². The lowest BCUT2D eigenvalue weighted by molar-refractivity contribution is -0.117. The van der Waals surface area contributed by atoms with Crippen molar-refractivity contribution in [2.45, 2.75) is 6.54 Å². The minimum absolute atomic E-state index is 0.150. The number of carbonyl (C=O) groups is 2. The number of aromatic hydroxyl groups is 1. The Bertz CT molecular complexity index is 1130. The highest BCUT2D eigenvalue weighted by Crippen LogP contribution is 2.38. The first-order chi connectivity index (χ1) is 13.5. The molecule has 7 nitrogen and oxygen atoms in total. The molecule has 0 saturated carbocycles. The van der Waals surface area contributed by atoms with Gasteiger partial charge in [0.1, 0.15) is 6.54 Å². The standard InChI is InChI=1S/C20H15BrN4O3/c1-2-10-25-16-9-4-3-8-15(16)18(20(25)28)24-23-17(26)12-22-19(27)13-6-5-7-14(21)11-13/h1,3-9,11,28H,10,12H2,(H,22,27). The number of aromatic nitrogens is 1. The molecule has 1 heterocycles. The highest BCUT2D eigenvalue weighted by Gasteiger charge is 2.16. The molecule has 0 atom stereocenters. The van der Waals surface area contributed by atoms with Crippen LogP contribution in [0.3, 0.4) is 0 Å². The average molecular weight is 439 g/mol. The van der Waals surface area contributed by atoms with Crippen molar-refractivity contribution in [1.29, 1.82) is 0 Å². The number of benzene rings is 2. The van der Waals surface area contributed by atoms with Crippen molar-refractivity contribution >= 4 is 44.3 Å². The largest absolute Gasteiger partial charge is 0.493 e. The maximum Gasteiger partial charge on any atom is 0.283 e. The molecule has 0 saturated heterocycles. The van der Waals surface area contributed by atoms with Gasteiger partial charge in [-0.2, -0.15) is 0 Å². The molecule has 0 fully saturated rings. The summed E-state index contributed by atoms with van der Waals surface area (Å²) in [4.78, 5) is 24.1. The SMILES string of the molecule is C#CCn1c(O)c(N=NC(=O)CNC(=O)c2cccc(Br)c2)c2ccccc21. The lowest BCUT2D eigenvalue weighted by atomic mass is 10.2. The van der Waals surface area contributed by atoms with Gasteiger partial charge in [0.2, 0.25) is 5.88 Å². The summed E-state index contributed by atoms with van der Waals surface area (Å²) in [7, 11) is 0. The fraction of sp³-hybridized carbons (Fsp3) is 0.100. The number of rotatable bonds is 5. The Balaban J connectivity index is 1.73. The number of hydrogen-bond acceptors (Lipinski definition) is 4. The molecule has 0 aliphatic carbocycles. The molecule has 2 aromatic carbocycles. The summed E-state index contributed by atoms with van der Waals surface area (Å²) in [6, 6.07) is 13.9. The minimum Gasteiger partial charge on any atom is -0.493 e. The van der Waals surface area contributed by atoms with Gasteiger partial charge in [0.25, 0.3) is 11.8 Å². The fourth-order valence-electron chi connectivity index (χ4n) is 2.65. The third-order valence-corrected chi connectivity index (χ3v) is 4.41. The number of nitrogens with zero attached hydrogens (tertiary/aromatic N) is 3. The van der Waals surface area contributed by atoms with Gasteiger partial charge in [-0.15, -0.1) is 16.7 Å². The normalized spacial score (nSPS) is 10.9. The summed E-state index contributed by atoms with van der Waals surface area (Å²) in [5.74, 6) is 1.23. The van der Waals surface area contributed by atoms with Gasteiger partial charge in [-0.1, -0.05) is 46.1 Å². The summed E-state index contributed by atoms with van der Waals surface area (Å²) in [6.07, 6.45) is 5.34. The lowest BCUT2D eigenvalue weighted by Crippen LogP contribution is -2.28. The maximum atomic E-state index is 12.1. The third-order valence-electron chi connectivity index (χ3n) is 3.92. The highest BCUT2D eigenvalue weighted by atomic mass is 79.9. The molecule has 2 N–H and O–H groups in total. The van der Waals surface area contributed by atoms with E-state index in [-0.39, 0.29) is 24.7 Å². The van der Waals surface area contributed by atoms with Crippen LogP contribution < -0.4 is 5.32 Å². The van der Waals surface area contributed by atoms with Crippen molar-refractivity contribution in [3.8, 4) is 18.2 Å². The molecule has 0 unspecified atom stereocenters. The topological polar surface area (TPSA) is 96.0 Å².